The molecular formula is C10H10ClN3O4S2. The highest BCUT2D eigenvalue weighted by atomic mass is 35.5. The summed E-state index contributed by atoms with van der Waals surface area (Å²) in [6, 6.07) is 3.48. The maximum Gasteiger partial charge on any atom is 0.263 e. The summed E-state index contributed by atoms with van der Waals surface area (Å²) >= 11 is 5.83. The molecule has 20 heavy (non-hydrogen) atoms. The number of aromatic nitrogens is 2. The number of benzene rings is 1. The van der Waals surface area contributed by atoms with Gasteiger partial charge in [0.05, 0.1) is 21.8 Å². The largest absolute Gasteiger partial charge is 0.284 e. The SMILES string of the molecule is CS(=O)(=O)c1ccc(Cl)c(S(=O)(=O)Nc2cn[nH]c2)c1. The molecule has 0 aliphatic carbocycles. The van der Waals surface area contributed by atoms with E-state index < -0.39 is 19.9 Å². The fourth-order valence-electron chi connectivity index (χ4n) is 1.44. The molecule has 0 fully saturated rings. The third-order valence-corrected chi connectivity index (χ3v) is 5.34. The van der Waals surface area contributed by atoms with Gasteiger partial charge >= 0.3 is 0 Å². The summed E-state index contributed by atoms with van der Waals surface area (Å²) in [6.45, 7) is 0. The Bertz CT molecular complexity index is 829. The molecule has 0 aliphatic rings. The maximum atomic E-state index is 12.2. The van der Waals surface area contributed by atoms with Crippen molar-refractivity contribution in [2.75, 3.05) is 11.0 Å². The van der Waals surface area contributed by atoms with Crippen molar-refractivity contribution in [3.63, 3.8) is 0 Å². The number of sulfone groups is 1. The summed E-state index contributed by atoms with van der Waals surface area (Å²) in [5, 5.41) is 5.97. The number of hydrogen-bond donors (Lipinski definition) is 2. The quantitative estimate of drug-likeness (QED) is 0.874. The van der Waals surface area contributed by atoms with Crippen LogP contribution in [0.5, 0.6) is 0 Å². The monoisotopic (exact) mass is 335 g/mol. The van der Waals surface area contributed by atoms with Crippen LogP contribution in [0.15, 0.2) is 40.4 Å². The van der Waals surface area contributed by atoms with Crippen molar-refractivity contribution in [1.29, 1.82) is 0 Å². The highest BCUT2D eigenvalue weighted by Crippen LogP contribution is 2.26. The lowest BCUT2D eigenvalue weighted by molar-refractivity contribution is 0.600. The van der Waals surface area contributed by atoms with Gasteiger partial charge in [-0.25, -0.2) is 16.8 Å². The van der Waals surface area contributed by atoms with Crippen LogP contribution in [-0.2, 0) is 19.9 Å². The van der Waals surface area contributed by atoms with Crippen LogP contribution in [0.2, 0.25) is 5.02 Å². The van der Waals surface area contributed by atoms with E-state index in [0.717, 1.165) is 12.3 Å². The fourth-order valence-corrected chi connectivity index (χ4v) is 3.72. The third-order valence-electron chi connectivity index (χ3n) is 2.37. The smallest absolute Gasteiger partial charge is 0.263 e. The minimum atomic E-state index is -4.00. The second-order valence-electron chi connectivity index (χ2n) is 3.96. The molecule has 0 saturated carbocycles. The number of H-pyrrole nitrogens is 1. The first kappa shape index (κ1) is 14.8. The van der Waals surface area contributed by atoms with Crippen molar-refractivity contribution in [2.45, 2.75) is 9.79 Å². The number of halogens is 1. The molecule has 1 aromatic carbocycles. The average molecular weight is 336 g/mol. The normalized spacial score (nSPS) is 12.3. The van der Waals surface area contributed by atoms with Crippen molar-refractivity contribution >= 4 is 37.1 Å². The molecule has 0 amide bonds. The first-order valence-electron chi connectivity index (χ1n) is 5.21. The molecule has 2 N–H and O–H groups in total. The van der Waals surface area contributed by atoms with Gasteiger partial charge in [0.25, 0.3) is 10.0 Å². The van der Waals surface area contributed by atoms with E-state index in [0.29, 0.717) is 0 Å². The first-order chi connectivity index (χ1) is 9.20. The summed E-state index contributed by atoms with van der Waals surface area (Å²) in [5.41, 5.74) is 0.214. The Morgan fingerprint density at radius 2 is 1.95 bits per heavy atom. The zero-order valence-corrected chi connectivity index (χ0v) is 12.6. The van der Waals surface area contributed by atoms with Crippen molar-refractivity contribution in [2.24, 2.45) is 0 Å². The number of anilines is 1. The van der Waals surface area contributed by atoms with Gasteiger partial charge in [0, 0.05) is 12.5 Å². The molecule has 2 aromatic rings. The van der Waals surface area contributed by atoms with E-state index in [1.807, 2.05) is 0 Å². The molecule has 0 saturated heterocycles. The molecule has 0 radical (unpaired) electrons. The molecule has 7 nitrogen and oxygen atoms in total. The van der Waals surface area contributed by atoms with Crippen LogP contribution < -0.4 is 4.72 Å². The minimum absolute atomic E-state index is 0.0756. The van der Waals surface area contributed by atoms with Crippen LogP contribution in [0.1, 0.15) is 0 Å². The molecule has 2 rings (SSSR count). The molecule has 10 heteroatoms. The van der Waals surface area contributed by atoms with Crippen LogP contribution in [0.4, 0.5) is 5.69 Å². The van der Waals surface area contributed by atoms with E-state index in [9.17, 15) is 16.8 Å². The van der Waals surface area contributed by atoms with Gasteiger partial charge in [-0.1, -0.05) is 11.6 Å². The summed E-state index contributed by atoms with van der Waals surface area (Å²) in [6.07, 6.45) is 3.59. The Labute approximate surface area is 120 Å². The molecule has 0 atom stereocenters. The standard InChI is InChI=1S/C10H10ClN3O4S2/c1-19(15,16)8-2-3-9(11)10(4-8)20(17,18)14-7-5-12-13-6-7/h2-6,14H,1H3,(H,12,13). The predicted octanol–water partition coefficient (Wildman–Crippen LogP) is 1.27. The van der Waals surface area contributed by atoms with Crippen molar-refractivity contribution in [1.82, 2.24) is 10.2 Å². The van der Waals surface area contributed by atoms with E-state index in [2.05, 4.69) is 14.9 Å². The van der Waals surface area contributed by atoms with Gasteiger partial charge < -0.3 is 0 Å². The van der Waals surface area contributed by atoms with Crippen LogP contribution >= 0.6 is 11.6 Å². The zero-order valence-electron chi connectivity index (χ0n) is 10.2. The average Bonchev–Trinajstić information content (AvgIpc) is 2.79. The topological polar surface area (TPSA) is 109 Å². The van der Waals surface area contributed by atoms with Gasteiger partial charge in [-0.05, 0) is 18.2 Å². The van der Waals surface area contributed by atoms with Gasteiger partial charge in [0.15, 0.2) is 9.84 Å². The number of hydrogen-bond acceptors (Lipinski definition) is 5. The van der Waals surface area contributed by atoms with Gasteiger partial charge in [0.2, 0.25) is 0 Å². The first-order valence-corrected chi connectivity index (χ1v) is 8.96. The predicted molar refractivity (Wildman–Crippen MR) is 74.0 cm³/mol. The van der Waals surface area contributed by atoms with Gasteiger partial charge in [-0.3, -0.25) is 9.82 Å². The van der Waals surface area contributed by atoms with Crippen LogP contribution in [-0.4, -0.2) is 33.3 Å². The Kier molecular flexibility index (Phi) is 3.76. The molecule has 0 spiro atoms. The molecule has 0 bridgehead atoms. The van der Waals surface area contributed by atoms with Crippen molar-refractivity contribution < 1.29 is 16.8 Å². The molecule has 1 heterocycles. The lowest BCUT2D eigenvalue weighted by atomic mass is 10.4. The summed E-state index contributed by atoms with van der Waals surface area (Å²) in [7, 11) is -7.54. The zero-order chi connectivity index (χ0) is 15.0. The van der Waals surface area contributed by atoms with Crippen LogP contribution in [0.25, 0.3) is 0 Å². The Hall–Kier alpha value is -1.58. The second-order valence-corrected chi connectivity index (χ2v) is 8.03. The molecule has 1 aromatic heterocycles. The van der Waals surface area contributed by atoms with Gasteiger partial charge in [0.1, 0.15) is 4.90 Å². The molecular weight excluding hydrogens is 326 g/mol. The van der Waals surface area contributed by atoms with E-state index in [1.165, 1.54) is 24.5 Å². The van der Waals surface area contributed by atoms with Crippen LogP contribution in [0.3, 0.4) is 0 Å². The van der Waals surface area contributed by atoms with Crippen molar-refractivity contribution in [3.8, 4) is 0 Å². The number of nitrogens with one attached hydrogen (secondary N) is 2. The Morgan fingerprint density at radius 3 is 2.50 bits per heavy atom. The minimum Gasteiger partial charge on any atom is -0.284 e. The number of nitrogens with zero attached hydrogens (tertiary/aromatic N) is 1. The lowest BCUT2D eigenvalue weighted by Gasteiger charge is -2.09. The molecule has 108 valence electrons. The number of sulfonamides is 1. The highest BCUT2D eigenvalue weighted by Gasteiger charge is 2.21. The number of aromatic amines is 1. The second kappa shape index (κ2) is 5.08. The summed E-state index contributed by atoms with van der Waals surface area (Å²) < 4.78 is 49.5. The van der Waals surface area contributed by atoms with E-state index in [1.54, 1.807) is 0 Å². The highest BCUT2D eigenvalue weighted by molar-refractivity contribution is 7.93. The molecule has 0 aliphatic heterocycles. The number of rotatable bonds is 4. The summed E-state index contributed by atoms with van der Waals surface area (Å²) in [5.74, 6) is 0. The Balaban J connectivity index is 2.51. The molecule has 0 unspecified atom stereocenters. The van der Waals surface area contributed by atoms with Gasteiger partial charge in [-0.2, -0.15) is 5.10 Å². The van der Waals surface area contributed by atoms with Crippen LogP contribution in [0, 0.1) is 0 Å². The van der Waals surface area contributed by atoms with E-state index in [4.69, 9.17) is 11.6 Å². The summed E-state index contributed by atoms with van der Waals surface area (Å²) in [4.78, 5) is -0.447. The lowest BCUT2D eigenvalue weighted by Crippen LogP contribution is -2.14. The van der Waals surface area contributed by atoms with Gasteiger partial charge in [-0.15, -0.1) is 0 Å². The fraction of sp³-hybridized carbons (Fsp3) is 0.100. The Morgan fingerprint density at radius 1 is 1.25 bits per heavy atom. The maximum absolute atomic E-state index is 12.2. The van der Waals surface area contributed by atoms with E-state index >= 15 is 0 Å². The van der Waals surface area contributed by atoms with Crippen molar-refractivity contribution in [3.05, 3.63) is 35.6 Å². The van der Waals surface area contributed by atoms with E-state index in [-0.39, 0.29) is 20.5 Å². The third kappa shape index (κ3) is 3.11.